The number of methoxy groups -OCH3 is 1. The molecule has 0 atom stereocenters. The highest BCUT2D eigenvalue weighted by atomic mass is 35.5. The summed E-state index contributed by atoms with van der Waals surface area (Å²) in [6.07, 6.45) is 0. The molecule has 126 valence electrons. The molecular weight excluding hydrogens is 346 g/mol. The average Bonchev–Trinajstić information content (AvgIpc) is 2.61. The molecule has 2 aromatic carbocycles. The number of fused-ring (bicyclic) bond motifs is 1. The number of carbonyl (C=O) groups is 2. The minimum atomic E-state index is -0.737. The summed E-state index contributed by atoms with van der Waals surface area (Å²) < 4.78 is 9.89. The summed E-state index contributed by atoms with van der Waals surface area (Å²) in [6, 6.07) is 12.0. The van der Waals surface area contributed by atoms with E-state index in [0.717, 1.165) is 6.07 Å². The molecule has 0 unspecified atom stereocenters. The van der Waals surface area contributed by atoms with Crippen LogP contribution in [0.2, 0.25) is 5.02 Å². The molecule has 1 aromatic heterocycles. The summed E-state index contributed by atoms with van der Waals surface area (Å²) in [6.45, 7) is 0. The lowest BCUT2D eigenvalue weighted by molar-refractivity contribution is 0.0565. The SMILES string of the molecule is COC(=O)c1cc(=O)c2cc(NC(=O)c3ccc(Cl)cc3)ccc2o1. The van der Waals surface area contributed by atoms with Gasteiger partial charge in [0.1, 0.15) is 5.58 Å². The summed E-state index contributed by atoms with van der Waals surface area (Å²) in [5, 5.41) is 3.46. The summed E-state index contributed by atoms with van der Waals surface area (Å²) >= 11 is 5.80. The van der Waals surface area contributed by atoms with Crippen LogP contribution in [0.1, 0.15) is 20.9 Å². The summed E-state index contributed by atoms with van der Waals surface area (Å²) in [7, 11) is 1.20. The second kappa shape index (κ2) is 6.78. The predicted octanol–water partition coefficient (Wildman–Crippen LogP) is 3.49. The minimum absolute atomic E-state index is 0.182. The molecule has 3 aromatic rings. The summed E-state index contributed by atoms with van der Waals surface area (Å²) in [5.74, 6) is -1.26. The van der Waals surface area contributed by atoms with E-state index in [1.54, 1.807) is 30.3 Å². The number of benzene rings is 2. The van der Waals surface area contributed by atoms with Gasteiger partial charge in [-0.1, -0.05) is 11.6 Å². The Kier molecular flexibility index (Phi) is 4.54. The van der Waals surface area contributed by atoms with Crippen LogP contribution >= 0.6 is 11.6 Å². The van der Waals surface area contributed by atoms with Crippen molar-refractivity contribution in [3.63, 3.8) is 0 Å². The van der Waals surface area contributed by atoms with Gasteiger partial charge in [0.05, 0.1) is 12.5 Å². The van der Waals surface area contributed by atoms with Crippen LogP contribution in [-0.2, 0) is 4.74 Å². The van der Waals surface area contributed by atoms with E-state index >= 15 is 0 Å². The fourth-order valence-electron chi connectivity index (χ4n) is 2.24. The summed E-state index contributed by atoms with van der Waals surface area (Å²) in [5.41, 5.74) is 0.657. The van der Waals surface area contributed by atoms with Gasteiger partial charge in [-0.15, -0.1) is 0 Å². The molecule has 1 amide bonds. The van der Waals surface area contributed by atoms with Gasteiger partial charge in [-0.3, -0.25) is 9.59 Å². The maximum atomic E-state index is 12.2. The highest BCUT2D eigenvalue weighted by molar-refractivity contribution is 6.30. The third-order valence-corrected chi connectivity index (χ3v) is 3.73. The van der Waals surface area contributed by atoms with E-state index in [9.17, 15) is 14.4 Å². The van der Waals surface area contributed by atoms with E-state index in [-0.39, 0.29) is 22.6 Å². The highest BCUT2D eigenvalue weighted by Gasteiger charge is 2.13. The van der Waals surface area contributed by atoms with Crippen molar-refractivity contribution in [1.29, 1.82) is 0 Å². The number of hydrogen-bond acceptors (Lipinski definition) is 5. The Morgan fingerprint density at radius 3 is 2.48 bits per heavy atom. The molecule has 0 saturated carbocycles. The topological polar surface area (TPSA) is 85.6 Å². The normalized spacial score (nSPS) is 10.5. The van der Waals surface area contributed by atoms with Crippen molar-refractivity contribution in [2.75, 3.05) is 12.4 Å². The molecule has 6 nitrogen and oxygen atoms in total. The van der Waals surface area contributed by atoms with Gasteiger partial charge in [-0.2, -0.15) is 0 Å². The third kappa shape index (κ3) is 3.54. The number of carbonyl (C=O) groups excluding carboxylic acids is 2. The molecular formula is C18H12ClNO5. The quantitative estimate of drug-likeness (QED) is 0.725. The number of hydrogen-bond donors (Lipinski definition) is 1. The van der Waals surface area contributed by atoms with Crippen molar-refractivity contribution < 1.29 is 18.7 Å². The van der Waals surface area contributed by atoms with Crippen LogP contribution in [0.4, 0.5) is 5.69 Å². The smallest absolute Gasteiger partial charge is 0.374 e. The minimum Gasteiger partial charge on any atom is -0.463 e. The fraction of sp³-hybridized carbons (Fsp3) is 0.0556. The van der Waals surface area contributed by atoms with Crippen LogP contribution < -0.4 is 10.7 Å². The van der Waals surface area contributed by atoms with Crippen LogP contribution in [0, 0.1) is 0 Å². The van der Waals surface area contributed by atoms with Gasteiger partial charge in [0.25, 0.3) is 5.91 Å². The first kappa shape index (κ1) is 16.7. The van der Waals surface area contributed by atoms with Crippen molar-refractivity contribution in [1.82, 2.24) is 0 Å². The molecule has 7 heteroatoms. The first-order chi connectivity index (χ1) is 12.0. The molecule has 0 spiro atoms. The van der Waals surface area contributed by atoms with Crippen molar-refractivity contribution in [2.45, 2.75) is 0 Å². The summed E-state index contributed by atoms with van der Waals surface area (Å²) in [4.78, 5) is 35.9. The second-order valence-electron chi connectivity index (χ2n) is 5.14. The number of ether oxygens (including phenoxy) is 1. The van der Waals surface area contributed by atoms with E-state index < -0.39 is 11.4 Å². The number of esters is 1. The van der Waals surface area contributed by atoms with Crippen LogP contribution in [-0.4, -0.2) is 19.0 Å². The Labute approximate surface area is 147 Å². The first-order valence-corrected chi connectivity index (χ1v) is 7.59. The lowest BCUT2D eigenvalue weighted by Crippen LogP contribution is -2.12. The first-order valence-electron chi connectivity index (χ1n) is 7.21. The monoisotopic (exact) mass is 357 g/mol. The zero-order valence-corrected chi connectivity index (χ0v) is 13.8. The van der Waals surface area contributed by atoms with Gasteiger partial charge in [-0.25, -0.2) is 4.79 Å². The van der Waals surface area contributed by atoms with Gasteiger partial charge in [0.15, 0.2) is 5.43 Å². The van der Waals surface area contributed by atoms with Gasteiger partial charge < -0.3 is 14.5 Å². The molecule has 0 saturated heterocycles. The van der Waals surface area contributed by atoms with Crippen LogP contribution in [0.15, 0.2) is 57.7 Å². The molecule has 0 bridgehead atoms. The molecule has 0 fully saturated rings. The van der Waals surface area contributed by atoms with Gasteiger partial charge in [0, 0.05) is 22.3 Å². The largest absolute Gasteiger partial charge is 0.463 e. The number of halogens is 1. The van der Waals surface area contributed by atoms with Gasteiger partial charge in [0.2, 0.25) is 5.76 Å². The third-order valence-electron chi connectivity index (χ3n) is 3.48. The average molecular weight is 358 g/mol. The van der Waals surface area contributed by atoms with Crippen molar-refractivity contribution in [3.8, 4) is 0 Å². The second-order valence-corrected chi connectivity index (χ2v) is 5.57. The standard InChI is InChI=1S/C18H12ClNO5/c1-24-18(23)16-9-14(21)13-8-12(6-7-15(13)25-16)20-17(22)10-2-4-11(19)5-3-10/h2-9H,1H3,(H,20,22). The molecule has 25 heavy (non-hydrogen) atoms. The molecule has 3 rings (SSSR count). The Balaban J connectivity index is 1.92. The zero-order valence-electron chi connectivity index (χ0n) is 13.0. The maximum absolute atomic E-state index is 12.2. The van der Waals surface area contributed by atoms with E-state index in [1.807, 2.05) is 0 Å². The van der Waals surface area contributed by atoms with E-state index in [4.69, 9.17) is 16.0 Å². The lowest BCUT2D eigenvalue weighted by Gasteiger charge is -2.07. The van der Waals surface area contributed by atoms with Crippen molar-refractivity contribution in [2.24, 2.45) is 0 Å². The van der Waals surface area contributed by atoms with E-state index in [2.05, 4.69) is 10.1 Å². The van der Waals surface area contributed by atoms with Gasteiger partial charge in [-0.05, 0) is 42.5 Å². The van der Waals surface area contributed by atoms with Gasteiger partial charge >= 0.3 is 5.97 Å². The van der Waals surface area contributed by atoms with Crippen LogP contribution in [0.3, 0.4) is 0 Å². The van der Waals surface area contributed by atoms with Crippen LogP contribution in [0.5, 0.6) is 0 Å². The zero-order chi connectivity index (χ0) is 18.0. The van der Waals surface area contributed by atoms with Crippen molar-refractivity contribution in [3.05, 3.63) is 75.1 Å². The Morgan fingerprint density at radius 2 is 1.80 bits per heavy atom. The Bertz CT molecular complexity index is 1020. The number of amides is 1. The van der Waals surface area contributed by atoms with E-state index in [1.165, 1.54) is 19.2 Å². The lowest BCUT2D eigenvalue weighted by atomic mass is 10.1. The molecule has 1 N–H and O–H groups in total. The number of rotatable bonds is 3. The van der Waals surface area contributed by atoms with Crippen molar-refractivity contribution >= 4 is 40.1 Å². The van der Waals surface area contributed by atoms with Crippen LogP contribution in [0.25, 0.3) is 11.0 Å². The number of anilines is 1. The molecule has 0 aliphatic heterocycles. The predicted molar refractivity (Wildman–Crippen MR) is 93.2 cm³/mol. The maximum Gasteiger partial charge on any atom is 0.374 e. The highest BCUT2D eigenvalue weighted by Crippen LogP contribution is 2.19. The molecule has 0 aliphatic rings. The Morgan fingerprint density at radius 1 is 1.08 bits per heavy atom. The number of nitrogens with one attached hydrogen (secondary N) is 1. The molecule has 1 heterocycles. The Hall–Kier alpha value is -3.12. The fourth-order valence-corrected chi connectivity index (χ4v) is 2.37. The van der Waals surface area contributed by atoms with E-state index in [0.29, 0.717) is 16.3 Å². The molecule has 0 radical (unpaired) electrons. The molecule has 0 aliphatic carbocycles.